The fourth-order valence-electron chi connectivity index (χ4n) is 4.70. The fourth-order valence-corrected chi connectivity index (χ4v) is 4.70. The molecule has 3 heteroatoms. The highest BCUT2D eigenvalue weighted by atomic mass is 16.5. The van der Waals surface area contributed by atoms with Gasteiger partial charge in [0, 0.05) is 30.3 Å². The van der Waals surface area contributed by atoms with Gasteiger partial charge >= 0.3 is 0 Å². The lowest BCUT2D eigenvalue weighted by Crippen LogP contribution is -2.61. The second-order valence-electron chi connectivity index (χ2n) is 7.07. The summed E-state index contributed by atoms with van der Waals surface area (Å²) in [5.74, 6) is 0. The van der Waals surface area contributed by atoms with Crippen molar-refractivity contribution in [2.45, 2.75) is 82.5 Å². The Hall–Kier alpha value is -0.120. The van der Waals surface area contributed by atoms with Crippen LogP contribution in [0.15, 0.2) is 0 Å². The molecule has 3 nitrogen and oxygen atoms in total. The van der Waals surface area contributed by atoms with Crippen molar-refractivity contribution in [2.75, 3.05) is 19.8 Å². The Labute approximate surface area is 118 Å². The minimum Gasteiger partial charge on any atom is -0.380 e. The minimum atomic E-state index is 0.319. The van der Waals surface area contributed by atoms with Crippen LogP contribution < -0.4 is 5.32 Å². The molecule has 0 aromatic carbocycles. The van der Waals surface area contributed by atoms with Crippen molar-refractivity contribution in [1.82, 2.24) is 10.2 Å². The smallest absolute Gasteiger partial charge is 0.0647 e. The van der Waals surface area contributed by atoms with Crippen molar-refractivity contribution < 1.29 is 4.74 Å². The van der Waals surface area contributed by atoms with Gasteiger partial charge in [-0.2, -0.15) is 0 Å². The second-order valence-corrected chi connectivity index (χ2v) is 7.07. The first kappa shape index (κ1) is 13.8. The van der Waals surface area contributed by atoms with Crippen molar-refractivity contribution in [3.63, 3.8) is 0 Å². The maximum absolute atomic E-state index is 5.80. The molecule has 3 aliphatic heterocycles. The van der Waals surface area contributed by atoms with E-state index in [9.17, 15) is 0 Å². The lowest BCUT2D eigenvalue weighted by Gasteiger charge is -2.51. The first-order chi connectivity index (χ1) is 9.23. The Morgan fingerprint density at radius 3 is 2.58 bits per heavy atom. The van der Waals surface area contributed by atoms with Crippen molar-refractivity contribution in [3.05, 3.63) is 0 Å². The highest BCUT2D eigenvalue weighted by Crippen LogP contribution is 2.43. The molecule has 0 aromatic heterocycles. The highest BCUT2D eigenvalue weighted by Gasteiger charge is 2.49. The molecular formula is C16H30N2O. The number of fused-ring (bicyclic) bond motifs is 2. The van der Waals surface area contributed by atoms with Gasteiger partial charge in [-0.3, -0.25) is 4.90 Å². The molecule has 110 valence electrons. The van der Waals surface area contributed by atoms with E-state index in [1.165, 1.54) is 51.5 Å². The fraction of sp³-hybridized carbons (Fsp3) is 1.00. The summed E-state index contributed by atoms with van der Waals surface area (Å²) in [5, 5.41) is 3.75. The molecule has 0 spiro atoms. The largest absolute Gasteiger partial charge is 0.380 e. The Balaban J connectivity index is 1.65. The van der Waals surface area contributed by atoms with E-state index in [0.29, 0.717) is 5.54 Å². The monoisotopic (exact) mass is 266 g/mol. The van der Waals surface area contributed by atoms with Crippen LogP contribution >= 0.6 is 0 Å². The molecular weight excluding hydrogens is 236 g/mol. The van der Waals surface area contributed by atoms with Gasteiger partial charge < -0.3 is 10.1 Å². The van der Waals surface area contributed by atoms with Crippen LogP contribution in [0.3, 0.4) is 0 Å². The van der Waals surface area contributed by atoms with Crippen LogP contribution in [0.5, 0.6) is 0 Å². The van der Waals surface area contributed by atoms with Crippen LogP contribution in [0.25, 0.3) is 0 Å². The number of piperidine rings is 1. The number of hydrogen-bond acceptors (Lipinski definition) is 3. The van der Waals surface area contributed by atoms with Gasteiger partial charge in [0.05, 0.1) is 6.61 Å². The van der Waals surface area contributed by atoms with E-state index >= 15 is 0 Å². The average molecular weight is 266 g/mol. The molecule has 3 rings (SSSR count). The van der Waals surface area contributed by atoms with E-state index < -0.39 is 0 Å². The van der Waals surface area contributed by atoms with Crippen molar-refractivity contribution in [3.8, 4) is 0 Å². The van der Waals surface area contributed by atoms with E-state index in [0.717, 1.165) is 31.3 Å². The molecule has 3 aliphatic rings. The average Bonchev–Trinajstić information content (AvgIpc) is 2.70. The maximum Gasteiger partial charge on any atom is 0.0647 e. The zero-order chi connectivity index (χ0) is 13.3. The van der Waals surface area contributed by atoms with E-state index in [1.807, 2.05) is 0 Å². The van der Waals surface area contributed by atoms with Gasteiger partial charge in [-0.25, -0.2) is 0 Å². The molecule has 1 N–H and O–H groups in total. The lowest BCUT2D eigenvalue weighted by molar-refractivity contribution is -0.0766. The minimum absolute atomic E-state index is 0.319. The number of nitrogens with zero attached hydrogens (tertiary/aromatic N) is 1. The molecule has 0 saturated carbocycles. The molecule has 0 aliphatic carbocycles. The lowest BCUT2D eigenvalue weighted by atomic mass is 9.86. The third-order valence-electron chi connectivity index (χ3n) is 5.46. The zero-order valence-electron chi connectivity index (χ0n) is 12.7. The first-order valence-corrected chi connectivity index (χ1v) is 8.32. The van der Waals surface area contributed by atoms with Crippen LogP contribution in [0.1, 0.15) is 58.8 Å². The molecule has 3 atom stereocenters. The summed E-state index contributed by atoms with van der Waals surface area (Å²) in [6.07, 6.45) is 9.34. The van der Waals surface area contributed by atoms with Crippen LogP contribution in [0.4, 0.5) is 0 Å². The van der Waals surface area contributed by atoms with E-state index in [4.69, 9.17) is 4.74 Å². The Morgan fingerprint density at radius 2 is 2.00 bits per heavy atom. The van der Waals surface area contributed by atoms with Gasteiger partial charge in [0.15, 0.2) is 0 Å². The third kappa shape index (κ3) is 2.70. The normalized spacial score (nSPS) is 43.6. The van der Waals surface area contributed by atoms with Gasteiger partial charge in [0.2, 0.25) is 0 Å². The van der Waals surface area contributed by atoms with Crippen molar-refractivity contribution >= 4 is 0 Å². The summed E-state index contributed by atoms with van der Waals surface area (Å²) in [4.78, 5) is 2.86. The Kier molecular flexibility index (Phi) is 4.16. The van der Waals surface area contributed by atoms with Crippen molar-refractivity contribution in [2.24, 2.45) is 0 Å². The number of ether oxygens (including phenoxy) is 1. The van der Waals surface area contributed by atoms with Gasteiger partial charge in [0.1, 0.15) is 0 Å². The van der Waals surface area contributed by atoms with Gasteiger partial charge in [0.25, 0.3) is 0 Å². The maximum atomic E-state index is 5.80. The number of rotatable bonds is 4. The highest BCUT2D eigenvalue weighted by molar-refractivity contribution is 5.05. The molecule has 0 amide bonds. The summed E-state index contributed by atoms with van der Waals surface area (Å²) in [6.45, 7) is 7.81. The molecule has 3 saturated heterocycles. The summed E-state index contributed by atoms with van der Waals surface area (Å²) >= 11 is 0. The first-order valence-electron chi connectivity index (χ1n) is 8.32. The van der Waals surface area contributed by atoms with Crippen molar-refractivity contribution in [1.29, 1.82) is 0 Å². The topological polar surface area (TPSA) is 24.5 Å². The van der Waals surface area contributed by atoms with Crippen LogP contribution in [0, 0.1) is 0 Å². The van der Waals surface area contributed by atoms with Gasteiger partial charge in [-0.1, -0.05) is 6.92 Å². The summed E-state index contributed by atoms with van der Waals surface area (Å²) in [5.41, 5.74) is 0.319. The van der Waals surface area contributed by atoms with E-state index in [-0.39, 0.29) is 0 Å². The van der Waals surface area contributed by atoms with Gasteiger partial charge in [-0.05, 0) is 58.4 Å². The molecule has 3 unspecified atom stereocenters. The van der Waals surface area contributed by atoms with Crippen LogP contribution in [-0.2, 0) is 4.74 Å². The standard InChI is InChI=1S/C16H30N2O/c1-3-8-17-13-10-14-5-6-15(11-13)18(14)16(2)7-4-9-19-12-16/h13-15,17H,3-12H2,1-2H3. The predicted molar refractivity (Wildman–Crippen MR) is 78.4 cm³/mol. The summed E-state index contributed by atoms with van der Waals surface area (Å²) in [7, 11) is 0. The molecule has 19 heavy (non-hydrogen) atoms. The quantitative estimate of drug-likeness (QED) is 0.846. The molecule has 0 aromatic rings. The second kappa shape index (κ2) is 5.71. The summed E-state index contributed by atoms with van der Waals surface area (Å²) < 4.78 is 5.80. The predicted octanol–water partition coefficient (Wildman–Crippen LogP) is 2.55. The number of hydrogen-bond donors (Lipinski definition) is 1. The molecule has 3 fully saturated rings. The van der Waals surface area contributed by atoms with Gasteiger partial charge in [-0.15, -0.1) is 0 Å². The molecule has 3 heterocycles. The Bertz CT molecular complexity index is 287. The van der Waals surface area contributed by atoms with E-state index in [1.54, 1.807) is 0 Å². The third-order valence-corrected chi connectivity index (χ3v) is 5.46. The van der Waals surface area contributed by atoms with E-state index in [2.05, 4.69) is 24.1 Å². The zero-order valence-corrected chi connectivity index (χ0v) is 12.7. The molecule has 0 radical (unpaired) electrons. The SMILES string of the molecule is CCCNC1CC2CCC(C1)N2C1(C)CCCOC1. The summed E-state index contributed by atoms with van der Waals surface area (Å²) in [6, 6.07) is 2.38. The van der Waals surface area contributed by atoms with Crippen LogP contribution in [0.2, 0.25) is 0 Å². The molecule has 2 bridgehead atoms. The Morgan fingerprint density at radius 1 is 1.26 bits per heavy atom. The van der Waals surface area contributed by atoms with Crippen LogP contribution in [-0.4, -0.2) is 48.3 Å². The number of nitrogens with one attached hydrogen (secondary N) is 1.